The summed E-state index contributed by atoms with van der Waals surface area (Å²) in [6, 6.07) is 0. The third-order valence-corrected chi connectivity index (χ3v) is 3.10. The Kier molecular flexibility index (Phi) is 2.29. The summed E-state index contributed by atoms with van der Waals surface area (Å²) in [7, 11) is 0. The summed E-state index contributed by atoms with van der Waals surface area (Å²) >= 11 is 0. The minimum absolute atomic E-state index is 0.485. The third-order valence-electron chi connectivity index (χ3n) is 3.10. The molecule has 1 heteroatoms. The molecule has 1 unspecified atom stereocenters. The average molecular weight is 164 g/mol. The molecule has 0 saturated heterocycles. The van der Waals surface area contributed by atoms with Gasteiger partial charge in [-0.1, -0.05) is 18.1 Å². The Bertz CT molecular complexity index is 215. The lowest BCUT2D eigenvalue weighted by atomic mass is 9.82. The molecule has 0 bridgehead atoms. The van der Waals surface area contributed by atoms with Crippen LogP contribution in [0.3, 0.4) is 0 Å². The minimum Gasteiger partial charge on any atom is -0.300 e. The standard InChI is InChI=1S/C11H16O/c12-11-7-6-9-4-2-1-3-5-10(9)8-11/h4,10H,1-3,5-8H2. The first-order valence-corrected chi connectivity index (χ1v) is 5.07. The number of fused-ring (bicyclic) bond motifs is 1. The molecular weight excluding hydrogens is 148 g/mol. The van der Waals surface area contributed by atoms with Crippen molar-refractivity contribution in [2.75, 3.05) is 0 Å². The molecule has 1 atom stereocenters. The van der Waals surface area contributed by atoms with Crippen LogP contribution in [0.1, 0.15) is 44.9 Å². The summed E-state index contributed by atoms with van der Waals surface area (Å²) in [4.78, 5) is 11.2. The summed E-state index contributed by atoms with van der Waals surface area (Å²) in [5, 5.41) is 0. The van der Waals surface area contributed by atoms with Gasteiger partial charge in [-0.15, -0.1) is 0 Å². The highest BCUT2D eigenvalue weighted by Crippen LogP contribution is 2.33. The van der Waals surface area contributed by atoms with Gasteiger partial charge in [-0.25, -0.2) is 0 Å². The summed E-state index contributed by atoms with van der Waals surface area (Å²) in [5.74, 6) is 1.12. The second kappa shape index (κ2) is 3.42. The van der Waals surface area contributed by atoms with Gasteiger partial charge in [0.2, 0.25) is 0 Å². The van der Waals surface area contributed by atoms with E-state index in [0.29, 0.717) is 11.7 Å². The van der Waals surface area contributed by atoms with Gasteiger partial charge in [0.1, 0.15) is 5.78 Å². The van der Waals surface area contributed by atoms with E-state index in [0.717, 1.165) is 19.3 Å². The zero-order valence-corrected chi connectivity index (χ0v) is 7.51. The molecule has 0 heterocycles. The SMILES string of the molecule is O=C1CCC2=CCCCCC2C1. The van der Waals surface area contributed by atoms with Crippen LogP contribution in [0.15, 0.2) is 11.6 Å². The van der Waals surface area contributed by atoms with E-state index in [2.05, 4.69) is 6.08 Å². The molecule has 0 amide bonds. The number of ketones is 1. The molecule has 0 N–H and O–H groups in total. The van der Waals surface area contributed by atoms with Crippen molar-refractivity contribution in [1.82, 2.24) is 0 Å². The van der Waals surface area contributed by atoms with E-state index in [9.17, 15) is 4.79 Å². The zero-order chi connectivity index (χ0) is 8.39. The summed E-state index contributed by atoms with van der Waals surface area (Å²) in [6.45, 7) is 0. The molecule has 2 aliphatic carbocycles. The molecule has 0 spiro atoms. The second-order valence-electron chi connectivity index (χ2n) is 4.00. The molecule has 2 aliphatic rings. The van der Waals surface area contributed by atoms with Crippen molar-refractivity contribution in [3.8, 4) is 0 Å². The Morgan fingerprint density at radius 3 is 3.08 bits per heavy atom. The van der Waals surface area contributed by atoms with Crippen LogP contribution in [-0.2, 0) is 4.79 Å². The maximum atomic E-state index is 11.2. The lowest BCUT2D eigenvalue weighted by molar-refractivity contribution is -0.120. The number of rotatable bonds is 0. The third kappa shape index (κ3) is 1.60. The van der Waals surface area contributed by atoms with Crippen LogP contribution in [0.25, 0.3) is 0 Å². The van der Waals surface area contributed by atoms with Crippen molar-refractivity contribution in [3.63, 3.8) is 0 Å². The molecule has 1 nitrogen and oxygen atoms in total. The first-order valence-electron chi connectivity index (χ1n) is 5.07. The highest BCUT2D eigenvalue weighted by Gasteiger charge is 2.24. The maximum Gasteiger partial charge on any atom is 0.133 e. The first kappa shape index (κ1) is 8.03. The molecule has 0 aliphatic heterocycles. The normalized spacial score (nSPS) is 30.5. The molecule has 66 valence electrons. The van der Waals surface area contributed by atoms with Crippen molar-refractivity contribution < 1.29 is 4.79 Å². The number of allylic oxidation sites excluding steroid dienone is 2. The smallest absolute Gasteiger partial charge is 0.133 e. The summed E-state index contributed by atoms with van der Waals surface area (Å²) in [6.07, 6.45) is 10.3. The number of hydrogen-bond acceptors (Lipinski definition) is 1. The van der Waals surface area contributed by atoms with Crippen molar-refractivity contribution in [2.24, 2.45) is 5.92 Å². The molecule has 0 aromatic heterocycles. The van der Waals surface area contributed by atoms with E-state index in [1.54, 1.807) is 5.57 Å². The lowest BCUT2D eigenvalue weighted by Crippen LogP contribution is -2.16. The molecule has 2 rings (SSSR count). The predicted octanol–water partition coefficient (Wildman–Crippen LogP) is 2.86. The Labute approximate surface area is 73.8 Å². The van der Waals surface area contributed by atoms with Crippen molar-refractivity contribution >= 4 is 5.78 Å². The van der Waals surface area contributed by atoms with E-state index in [1.165, 1.54) is 25.7 Å². The highest BCUT2D eigenvalue weighted by atomic mass is 16.1. The Morgan fingerprint density at radius 2 is 2.17 bits per heavy atom. The fourth-order valence-corrected chi connectivity index (χ4v) is 2.37. The largest absolute Gasteiger partial charge is 0.300 e. The highest BCUT2D eigenvalue weighted by molar-refractivity contribution is 5.80. The van der Waals surface area contributed by atoms with E-state index < -0.39 is 0 Å². The predicted molar refractivity (Wildman–Crippen MR) is 48.9 cm³/mol. The second-order valence-corrected chi connectivity index (χ2v) is 4.00. The number of Topliss-reactive ketones (excluding diaryl/α,β-unsaturated/α-hetero) is 1. The van der Waals surface area contributed by atoms with Gasteiger partial charge in [-0.3, -0.25) is 4.79 Å². The van der Waals surface area contributed by atoms with Crippen LogP contribution in [0.5, 0.6) is 0 Å². The first-order chi connectivity index (χ1) is 5.86. The lowest BCUT2D eigenvalue weighted by Gasteiger charge is -2.22. The molecule has 0 radical (unpaired) electrons. The van der Waals surface area contributed by atoms with Crippen LogP contribution < -0.4 is 0 Å². The molecule has 1 fully saturated rings. The fraction of sp³-hybridized carbons (Fsp3) is 0.727. The van der Waals surface area contributed by atoms with Gasteiger partial charge in [-0.05, 0) is 31.6 Å². The van der Waals surface area contributed by atoms with Gasteiger partial charge in [0.25, 0.3) is 0 Å². The van der Waals surface area contributed by atoms with Gasteiger partial charge in [0, 0.05) is 12.8 Å². The number of carbonyl (C=O) groups excluding carboxylic acids is 1. The zero-order valence-electron chi connectivity index (χ0n) is 7.51. The molecular formula is C11H16O. The van der Waals surface area contributed by atoms with E-state index in [-0.39, 0.29) is 0 Å². The number of carbonyl (C=O) groups is 1. The van der Waals surface area contributed by atoms with Crippen LogP contribution >= 0.6 is 0 Å². The topological polar surface area (TPSA) is 17.1 Å². The van der Waals surface area contributed by atoms with E-state index in [1.807, 2.05) is 0 Å². The van der Waals surface area contributed by atoms with E-state index >= 15 is 0 Å². The van der Waals surface area contributed by atoms with E-state index in [4.69, 9.17) is 0 Å². The van der Waals surface area contributed by atoms with Gasteiger partial charge in [0.05, 0.1) is 0 Å². The van der Waals surface area contributed by atoms with Crippen molar-refractivity contribution in [3.05, 3.63) is 11.6 Å². The Morgan fingerprint density at radius 1 is 1.25 bits per heavy atom. The number of hydrogen-bond donors (Lipinski definition) is 0. The van der Waals surface area contributed by atoms with Gasteiger partial charge >= 0.3 is 0 Å². The summed E-state index contributed by atoms with van der Waals surface area (Å²) in [5.41, 5.74) is 1.59. The van der Waals surface area contributed by atoms with Crippen LogP contribution in [0.2, 0.25) is 0 Å². The van der Waals surface area contributed by atoms with Gasteiger partial charge in [0.15, 0.2) is 0 Å². The Balaban J connectivity index is 2.10. The van der Waals surface area contributed by atoms with Gasteiger partial charge < -0.3 is 0 Å². The van der Waals surface area contributed by atoms with Crippen LogP contribution in [-0.4, -0.2) is 5.78 Å². The fourth-order valence-electron chi connectivity index (χ4n) is 2.37. The molecule has 0 aromatic rings. The molecule has 12 heavy (non-hydrogen) atoms. The van der Waals surface area contributed by atoms with Crippen LogP contribution in [0.4, 0.5) is 0 Å². The molecule has 0 aromatic carbocycles. The Hall–Kier alpha value is -0.590. The van der Waals surface area contributed by atoms with Crippen molar-refractivity contribution in [2.45, 2.75) is 44.9 Å². The van der Waals surface area contributed by atoms with Gasteiger partial charge in [-0.2, -0.15) is 0 Å². The molecule has 1 saturated carbocycles. The minimum atomic E-state index is 0.485. The van der Waals surface area contributed by atoms with Crippen LogP contribution in [0, 0.1) is 5.92 Å². The maximum absolute atomic E-state index is 11.2. The summed E-state index contributed by atoms with van der Waals surface area (Å²) < 4.78 is 0. The average Bonchev–Trinajstić information content (AvgIpc) is 2.28. The monoisotopic (exact) mass is 164 g/mol. The van der Waals surface area contributed by atoms with Crippen molar-refractivity contribution in [1.29, 1.82) is 0 Å². The quantitative estimate of drug-likeness (QED) is 0.503.